The summed E-state index contributed by atoms with van der Waals surface area (Å²) in [5, 5.41) is 2.47. The van der Waals surface area contributed by atoms with Crippen LogP contribution in [0.4, 0.5) is 15.8 Å². The minimum Gasteiger partial charge on any atom is -0.318 e. The number of carbonyl (C=O) groups excluding carboxylic acids is 2. The van der Waals surface area contributed by atoms with Gasteiger partial charge in [-0.05, 0) is 55.8 Å². The fraction of sp³-hybridized carbons (Fsp3) is 0.136. The molecule has 1 N–H and O–H groups in total. The maximum absolute atomic E-state index is 13.7. The Kier molecular flexibility index (Phi) is 5.79. The number of aryl methyl sites for hydroxylation is 1. The average molecular weight is 377 g/mol. The molecule has 0 bridgehead atoms. The van der Waals surface area contributed by atoms with E-state index in [-0.39, 0.29) is 23.0 Å². The summed E-state index contributed by atoms with van der Waals surface area (Å²) in [4.78, 5) is 31.2. The lowest BCUT2D eigenvalue weighted by Crippen LogP contribution is -2.31. The van der Waals surface area contributed by atoms with Crippen LogP contribution in [-0.2, 0) is 0 Å². The summed E-state index contributed by atoms with van der Waals surface area (Å²) in [6.45, 7) is 4.28. The highest BCUT2D eigenvalue weighted by molar-refractivity contribution is 6.07. The van der Waals surface area contributed by atoms with E-state index in [0.29, 0.717) is 6.54 Å². The van der Waals surface area contributed by atoms with Crippen LogP contribution in [0.1, 0.15) is 33.5 Å². The smallest absolute Gasteiger partial charge is 0.276 e. The van der Waals surface area contributed by atoms with Crippen LogP contribution in [-0.4, -0.2) is 23.3 Å². The minimum atomic E-state index is -0.585. The molecule has 0 unspecified atom stereocenters. The Morgan fingerprint density at radius 1 is 1.00 bits per heavy atom. The summed E-state index contributed by atoms with van der Waals surface area (Å²) in [6.07, 6.45) is 0. The molecule has 0 radical (unpaired) electrons. The van der Waals surface area contributed by atoms with Gasteiger partial charge in [0.05, 0.1) is 5.69 Å². The summed E-state index contributed by atoms with van der Waals surface area (Å²) in [5.74, 6) is -1.44. The standard InChI is InChI=1S/C22H20FN3O2/c1-3-26(16-9-6-8-15(2)14-16)22(28)20-13-7-12-19(24-20)21(27)25-18-11-5-4-10-17(18)23/h4-14H,3H2,1-2H3,(H,25,27). The van der Waals surface area contributed by atoms with Crippen molar-refractivity contribution in [3.63, 3.8) is 0 Å². The summed E-state index contributed by atoms with van der Waals surface area (Å²) >= 11 is 0. The molecule has 6 heteroatoms. The predicted molar refractivity (Wildman–Crippen MR) is 107 cm³/mol. The number of aromatic nitrogens is 1. The zero-order chi connectivity index (χ0) is 20.1. The molecular formula is C22H20FN3O2. The Bertz CT molecular complexity index is 1020. The lowest BCUT2D eigenvalue weighted by atomic mass is 10.2. The van der Waals surface area contributed by atoms with E-state index in [9.17, 15) is 14.0 Å². The molecule has 3 rings (SSSR count). The van der Waals surface area contributed by atoms with Gasteiger partial charge < -0.3 is 10.2 Å². The molecular weight excluding hydrogens is 357 g/mol. The molecule has 0 aliphatic rings. The minimum absolute atomic E-state index is 0.0365. The monoisotopic (exact) mass is 377 g/mol. The van der Waals surface area contributed by atoms with Crippen LogP contribution in [0.15, 0.2) is 66.7 Å². The molecule has 0 saturated heterocycles. The highest BCUT2D eigenvalue weighted by atomic mass is 19.1. The van der Waals surface area contributed by atoms with Crippen LogP contribution in [0.25, 0.3) is 0 Å². The number of anilines is 2. The van der Waals surface area contributed by atoms with E-state index < -0.39 is 11.7 Å². The number of pyridine rings is 1. The molecule has 1 aromatic heterocycles. The van der Waals surface area contributed by atoms with E-state index in [1.165, 1.54) is 24.3 Å². The third kappa shape index (κ3) is 4.23. The van der Waals surface area contributed by atoms with Crippen molar-refractivity contribution in [3.8, 4) is 0 Å². The predicted octanol–water partition coefficient (Wildman–Crippen LogP) is 4.45. The number of amides is 2. The normalized spacial score (nSPS) is 10.4. The van der Waals surface area contributed by atoms with Gasteiger partial charge in [-0.2, -0.15) is 0 Å². The number of benzene rings is 2. The second-order valence-corrected chi connectivity index (χ2v) is 6.23. The van der Waals surface area contributed by atoms with Crippen molar-refractivity contribution in [2.75, 3.05) is 16.8 Å². The van der Waals surface area contributed by atoms with Gasteiger partial charge in [0.1, 0.15) is 17.2 Å². The Morgan fingerprint density at radius 3 is 2.43 bits per heavy atom. The largest absolute Gasteiger partial charge is 0.318 e. The molecule has 142 valence electrons. The zero-order valence-corrected chi connectivity index (χ0v) is 15.6. The van der Waals surface area contributed by atoms with Gasteiger partial charge in [0.25, 0.3) is 11.8 Å². The van der Waals surface area contributed by atoms with Crippen LogP contribution in [0, 0.1) is 12.7 Å². The van der Waals surface area contributed by atoms with Crippen molar-refractivity contribution < 1.29 is 14.0 Å². The number of rotatable bonds is 5. The molecule has 0 fully saturated rings. The molecule has 2 aromatic carbocycles. The number of hydrogen-bond acceptors (Lipinski definition) is 3. The SMILES string of the molecule is CCN(C(=O)c1cccc(C(=O)Nc2ccccc2F)n1)c1cccc(C)c1. The molecule has 0 atom stereocenters. The van der Waals surface area contributed by atoms with Gasteiger partial charge in [-0.15, -0.1) is 0 Å². The molecule has 5 nitrogen and oxygen atoms in total. The molecule has 0 saturated carbocycles. The Hall–Kier alpha value is -3.54. The van der Waals surface area contributed by atoms with E-state index in [2.05, 4.69) is 10.3 Å². The first-order chi connectivity index (χ1) is 13.5. The third-order valence-electron chi connectivity index (χ3n) is 4.20. The van der Waals surface area contributed by atoms with Gasteiger partial charge in [-0.3, -0.25) is 9.59 Å². The molecule has 28 heavy (non-hydrogen) atoms. The Labute approximate surface area is 162 Å². The fourth-order valence-corrected chi connectivity index (χ4v) is 2.81. The van der Waals surface area contributed by atoms with E-state index in [1.54, 1.807) is 23.1 Å². The van der Waals surface area contributed by atoms with Crippen molar-refractivity contribution in [2.24, 2.45) is 0 Å². The summed E-state index contributed by atoms with van der Waals surface area (Å²) in [6, 6.07) is 18.1. The number of nitrogens with zero attached hydrogens (tertiary/aromatic N) is 2. The van der Waals surface area contributed by atoms with Crippen LogP contribution >= 0.6 is 0 Å². The summed E-state index contributed by atoms with van der Waals surface area (Å²) in [5.41, 5.74) is 2.03. The van der Waals surface area contributed by atoms with Gasteiger partial charge in [0.2, 0.25) is 0 Å². The number of para-hydroxylation sites is 1. The fourth-order valence-electron chi connectivity index (χ4n) is 2.81. The summed E-state index contributed by atoms with van der Waals surface area (Å²) < 4.78 is 13.7. The Morgan fingerprint density at radius 2 is 1.71 bits per heavy atom. The molecule has 2 amide bonds. The van der Waals surface area contributed by atoms with E-state index in [0.717, 1.165) is 11.3 Å². The maximum Gasteiger partial charge on any atom is 0.276 e. The van der Waals surface area contributed by atoms with Gasteiger partial charge in [0, 0.05) is 12.2 Å². The van der Waals surface area contributed by atoms with Gasteiger partial charge in [0.15, 0.2) is 0 Å². The van der Waals surface area contributed by atoms with E-state index >= 15 is 0 Å². The lowest BCUT2D eigenvalue weighted by molar-refractivity contribution is 0.0983. The maximum atomic E-state index is 13.7. The van der Waals surface area contributed by atoms with Crippen LogP contribution in [0.3, 0.4) is 0 Å². The Balaban J connectivity index is 1.84. The number of halogens is 1. The quantitative estimate of drug-likeness (QED) is 0.715. The third-order valence-corrected chi connectivity index (χ3v) is 4.20. The number of hydrogen-bond donors (Lipinski definition) is 1. The first-order valence-corrected chi connectivity index (χ1v) is 8.91. The average Bonchev–Trinajstić information content (AvgIpc) is 2.70. The van der Waals surface area contributed by atoms with E-state index in [1.807, 2.05) is 38.1 Å². The van der Waals surface area contributed by atoms with Crippen molar-refractivity contribution >= 4 is 23.2 Å². The van der Waals surface area contributed by atoms with Crippen LogP contribution in [0.5, 0.6) is 0 Å². The van der Waals surface area contributed by atoms with Crippen molar-refractivity contribution in [1.29, 1.82) is 0 Å². The number of nitrogens with one attached hydrogen (secondary N) is 1. The van der Waals surface area contributed by atoms with Crippen molar-refractivity contribution in [2.45, 2.75) is 13.8 Å². The molecule has 0 spiro atoms. The first kappa shape index (κ1) is 19.2. The topological polar surface area (TPSA) is 62.3 Å². The molecule has 0 aliphatic heterocycles. The molecule has 1 heterocycles. The zero-order valence-electron chi connectivity index (χ0n) is 15.6. The first-order valence-electron chi connectivity index (χ1n) is 8.91. The second kappa shape index (κ2) is 8.43. The van der Waals surface area contributed by atoms with Gasteiger partial charge >= 0.3 is 0 Å². The number of carbonyl (C=O) groups is 2. The van der Waals surface area contributed by atoms with Crippen LogP contribution < -0.4 is 10.2 Å². The van der Waals surface area contributed by atoms with E-state index in [4.69, 9.17) is 0 Å². The molecule has 0 aliphatic carbocycles. The highest BCUT2D eigenvalue weighted by Gasteiger charge is 2.19. The summed E-state index contributed by atoms with van der Waals surface area (Å²) in [7, 11) is 0. The van der Waals surface area contributed by atoms with Crippen molar-refractivity contribution in [1.82, 2.24) is 4.98 Å². The lowest BCUT2D eigenvalue weighted by Gasteiger charge is -2.21. The molecule has 3 aromatic rings. The van der Waals surface area contributed by atoms with Crippen LogP contribution in [0.2, 0.25) is 0 Å². The highest BCUT2D eigenvalue weighted by Crippen LogP contribution is 2.19. The van der Waals surface area contributed by atoms with Gasteiger partial charge in [-0.1, -0.05) is 30.3 Å². The second-order valence-electron chi connectivity index (χ2n) is 6.23. The van der Waals surface area contributed by atoms with Gasteiger partial charge in [-0.25, -0.2) is 9.37 Å². The van der Waals surface area contributed by atoms with Crippen molar-refractivity contribution in [3.05, 3.63) is 89.5 Å².